The van der Waals surface area contributed by atoms with Crippen molar-refractivity contribution >= 4 is 23.3 Å². The van der Waals surface area contributed by atoms with Gasteiger partial charge in [-0.1, -0.05) is 25.4 Å². The minimum Gasteiger partial charge on any atom is -0.480 e. The molecular weight excluding hydrogens is 250 g/mol. The van der Waals surface area contributed by atoms with E-state index in [0.29, 0.717) is 10.9 Å². The number of hydrogen-bond donors (Lipinski definition) is 1. The summed E-state index contributed by atoms with van der Waals surface area (Å²) in [7, 11) is 0. The van der Waals surface area contributed by atoms with Crippen LogP contribution in [0, 0.1) is 5.92 Å². The summed E-state index contributed by atoms with van der Waals surface area (Å²) in [4.78, 5) is 12.8. The number of nitrogens with zero attached hydrogens (tertiary/aromatic N) is 1. The van der Waals surface area contributed by atoms with Gasteiger partial charge < -0.3 is 10.0 Å². The Kier molecular flexibility index (Phi) is 5.99. The monoisotopic (exact) mass is 269 g/mol. The van der Waals surface area contributed by atoms with Gasteiger partial charge >= 0.3 is 5.97 Å². The average Bonchev–Trinajstić information content (AvgIpc) is 2.28. The van der Waals surface area contributed by atoms with Crippen LogP contribution in [0.15, 0.2) is 24.3 Å². The Balaban J connectivity index is 2.65. The van der Waals surface area contributed by atoms with Crippen molar-refractivity contribution in [2.24, 2.45) is 5.92 Å². The van der Waals surface area contributed by atoms with Crippen molar-refractivity contribution in [3.63, 3.8) is 0 Å². The van der Waals surface area contributed by atoms with Gasteiger partial charge in [-0.3, -0.25) is 4.79 Å². The van der Waals surface area contributed by atoms with E-state index in [9.17, 15) is 4.79 Å². The van der Waals surface area contributed by atoms with Gasteiger partial charge in [-0.25, -0.2) is 0 Å². The second-order valence-corrected chi connectivity index (χ2v) is 5.26. The quantitative estimate of drug-likeness (QED) is 0.821. The van der Waals surface area contributed by atoms with Crippen LogP contribution in [0.2, 0.25) is 5.02 Å². The fourth-order valence-corrected chi connectivity index (χ4v) is 1.93. The number of benzene rings is 1. The molecule has 0 radical (unpaired) electrons. The molecule has 0 spiro atoms. The van der Waals surface area contributed by atoms with E-state index in [1.807, 2.05) is 17.0 Å². The maximum absolute atomic E-state index is 10.9. The summed E-state index contributed by atoms with van der Waals surface area (Å²) in [6.45, 7) is 5.12. The second kappa shape index (κ2) is 7.27. The highest BCUT2D eigenvalue weighted by Crippen LogP contribution is 2.19. The average molecular weight is 270 g/mol. The lowest BCUT2D eigenvalue weighted by atomic mass is 10.1. The molecule has 0 amide bonds. The molecule has 3 nitrogen and oxygen atoms in total. The van der Waals surface area contributed by atoms with Crippen molar-refractivity contribution in [1.29, 1.82) is 0 Å². The summed E-state index contributed by atoms with van der Waals surface area (Å²) in [5.74, 6) is -0.170. The fraction of sp³-hybridized carbons (Fsp3) is 0.500. The zero-order valence-corrected chi connectivity index (χ0v) is 11.7. The number of halogens is 1. The zero-order chi connectivity index (χ0) is 13.5. The highest BCUT2D eigenvalue weighted by atomic mass is 35.5. The van der Waals surface area contributed by atoms with Crippen LogP contribution in [-0.4, -0.2) is 24.2 Å². The number of rotatable bonds is 7. The van der Waals surface area contributed by atoms with Crippen LogP contribution in [0.1, 0.15) is 26.7 Å². The molecule has 1 rings (SSSR count). The van der Waals surface area contributed by atoms with Gasteiger partial charge in [0.05, 0.1) is 0 Å². The van der Waals surface area contributed by atoms with Gasteiger partial charge in [-0.05, 0) is 43.0 Å². The number of aliphatic carboxylic acids is 1. The topological polar surface area (TPSA) is 40.5 Å². The van der Waals surface area contributed by atoms with E-state index in [2.05, 4.69) is 13.8 Å². The molecule has 0 aliphatic heterocycles. The van der Waals surface area contributed by atoms with Crippen molar-refractivity contribution in [1.82, 2.24) is 0 Å². The molecule has 0 aliphatic carbocycles. The Morgan fingerprint density at radius 2 is 1.94 bits per heavy atom. The standard InChI is InChI=1S/C14H20ClNO2/c1-11(2)4-3-9-16(10-14(17)18)13-7-5-12(15)6-8-13/h5-8,11H,3-4,9-10H2,1-2H3,(H,17,18). The van der Waals surface area contributed by atoms with E-state index >= 15 is 0 Å². The lowest BCUT2D eigenvalue weighted by molar-refractivity contribution is -0.135. The number of carboxylic acids is 1. The smallest absolute Gasteiger partial charge is 0.323 e. The highest BCUT2D eigenvalue weighted by molar-refractivity contribution is 6.30. The van der Waals surface area contributed by atoms with Crippen LogP contribution < -0.4 is 4.90 Å². The number of carbonyl (C=O) groups is 1. The van der Waals surface area contributed by atoms with Gasteiger partial charge in [-0.2, -0.15) is 0 Å². The summed E-state index contributed by atoms with van der Waals surface area (Å²) < 4.78 is 0. The first kappa shape index (κ1) is 14.8. The molecule has 1 aromatic rings. The molecule has 0 atom stereocenters. The molecular formula is C14H20ClNO2. The lowest BCUT2D eigenvalue weighted by Crippen LogP contribution is -2.30. The summed E-state index contributed by atoms with van der Waals surface area (Å²) in [6.07, 6.45) is 2.09. The van der Waals surface area contributed by atoms with Crippen LogP contribution in [0.25, 0.3) is 0 Å². The Bertz CT molecular complexity index is 376. The molecule has 0 saturated carbocycles. The Morgan fingerprint density at radius 3 is 2.44 bits per heavy atom. The van der Waals surface area contributed by atoms with Gasteiger partial charge in [0.25, 0.3) is 0 Å². The number of carboxylic acid groups (broad SMARTS) is 1. The van der Waals surface area contributed by atoms with Gasteiger partial charge in [0.1, 0.15) is 6.54 Å². The largest absolute Gasteiger partial charge is 0.480 e. The predicted molar refractivity (Wildman–Crippen MR) is 75.4 cm³/mol. The van der Waals surface area contributed by atoms with Crippen LogP contribution in [0.5, 0.6) is 0 Å². The Hall–Kier alpha value is -1.22. The van der Waals surface area contributed by atoms with Crippen molar-refractivity contribution in [3.8, 4) is 0 Å². The summed E-state index contributed by atoms with van der Waals surface area (Å²) in [6, 6.07) is 7.30. The molecule has 0 heterocycles. The highest BCUT2D eigenvalue weighted by Gasteiger charge is 2.10. The van der Waals surface area contributed by atoms with E-state index < -0.39 is 5.97 Å². The van der Waals surface area contributed by atoms with Crippen molar-refractivity contribution in [2.75, 3.05) is 18.0 Å². The number of hydrogen-bond acceptors (Lipinski definition) is 2. The first-order valence-corrected chi connectivity index (χ1v) is 6.59. The molecule has 0 unspecified atom stereocenters. The third-order valence-corrected chi connectivity index (χ3v) is 2.98. The van der Waals surface area contributed by atoms with Crippen LogP contribution in [0.4, 0.5) is 5.69 Å². The molecule has 0 fully saturated rings. The predicted octanol–water partition coefficient (Wildman–Crippen LogP) is 3.67. The van der Waals surface area contributed by atoms with Gasteiger partial charge in [-0.15, -0.1) is 0 Å². The molecule has 18 heavy (non-hydrogen) atoms. The second-order valence-electron chi connectivity index (χ2n) is 4.83. The summed E-state index contributed by atoms with van der Waals surface area (Å²) >= 11 is 5.83. The molecule has 0 bridgehead atoms. The van der Waals surface area contributed by atoms with Crippen LogP contribution in [0.3, 0.4) is 0 Å². The Labute approximate surface area is 113 Å². The van der Waals surface area contributed by atoms with Crippen LogP contribution in [-0.2, 0) is 4.79 Å². The lowest BCUT2D eigenvalue weighted by Gasteiger charge is -2.23. The maximum Gasteiger partial charge on any atom is 0.323 e. The third kappa shape index (κ3) is 5.41. The molecule has 100 valence electrons. The van der Waals surface area contributed by atoms with E-state index in [-0.39, 0.29) is 6.54 Å². The minimum atomic E-state index is -0.811. The summed E-state index contributed by atoms with van der Waals surface area (Å²) in [5.41, 5.74) is 0.908. The first-order valence-electron chi connectivity index (χ1n) is 6.21. The van der Waals surface area contributed by atoms with E-state index in [0.717, 1.165) is 25.1 Å². The van der Waals surface area contributed by atoms with Crippen molar-refractivity contribution in [3.05, 3.63) is 29.3 Å². The van der Waals surface area contributed by atoms with Crippen molar-refractivity contribution in [2.45, 2.75) is 26.7 Å². The minimum absolute atomic E-state index is 0.0275. The normalized spacial score (nSPS) is 10.7. The van der Waals surface area contributed by atoms with Gasteiger partial charge in [0, 0.05) is 17.3 Å². The van der Waals surface area contributed by atoms with Gasteiger partial charge in [0.2, 0.25) is 0 Å². The Morgan fingerprint density at radius 1 is 1.33 bits per heavy atom. The molecule has 4 heteroatoms. The SMILES string of the molecule is CC(C)CCCN(CC(=O)O)c1ccc(Cl)cc1. The third-order valence-electron chi connectivity index (χ3n) is 2.73. The van der Waals surface area contributed by atoms with E-state index in [1.165, 1.54) is 0 Å². The van der Waals surface area contributed by atoms with E-state index in [4.69, 9.17) is 16.7 Å². The fourth-order valence-electron chi connectivity index (χ4n) is 1.81. The molecule has 1 aromatic carbocycles. The van der Waals surface area contributed by atoms with Gasteiger partial charge in [0.15, 0.2) is 0 Å². The molecule has 0 aromatic heterocycles. The van der Waals surface area contributed by atoms with Crippen molar-refractivity contribution < 1.29 is 9.90 Å². The molecule has 1 N–H and O–H groups in total. The zero-order valence-electron chi connectivity index (χ0n) is 10.9. The maximum atomic E-state index is 10.9. The molecule has 0 saturated heterocycles. The van der Waals surface area contributed by atoms with E-state index in [1.54, 1.807) is 12.1 Å². The first-order chi connectivity index (χ1) is 8.49. The van der Waals surface area contributed by atoms with Crippen LogP contribution >= 0.6 is 11.6 Å². The molecule has 0 aliphatic rings. The number of anilines is 1. The summed E-state index contributed by atoms with van der Waals surface area (Å²) in [5, 5.41) is 9.60.